The van der Waals surface area contributed by atoms with Crippen LogP contribution in [0, 0.1) is 5.92 Å². The third-order valence-electron chi connectivity index (χ3n) is 6.19. The summed E-state index contributed by atoms with van der Waals surface area (Å²) in [7, 11) is 0. The second-order valence-electron chi connectivity index (χ2n) is 9.07. The Hall–Kier alpha value is -3.35. The van der Waals surface area contributed by atoms with Gasteiger partial charge in [-0.2, -0.15) is 0 Å². The van der Waals surface area contributed by atoms with Gasteiger partial charge in [-0.1, -0.05) is 75.7 Å². The Bertz CT molecular complexity index is 989. The van der Waals surface area contributed by atoms with E-state index in [-0.39, 0.29) is 24.9 Å². The number of fused-ring (bicyclic) bond motifs is 3. The highest BCUT2D eigenvalue weighted by Gasteiger charge is 2.37. The number of carbonyl (C=O) groups excluding carboxylic acids is 2. The number of alkyl carbamates (subject to hydrolysis) is 1. The SMILES string of the molecule is CCCC(C)(NC(=O)[C@@H](NC(=O)OCC1c2ccccc2-c2ccccc21)C(C)C)C(=O)O. The van der Waals surface area contributed by atoms with E-state index >= 15 is 0 Å². The maximum absolute atomic E-state index is 12.9. The molecule has 0 saturated heterocycles. The lowest BCUT2D eigenvalue weighted by Gasteiger charge is -2.30. The van der Waals surface area contributed by atoms with Crippen LogP contribution in [-0.2, 0) is 14.3 Å². The number of nitrogens with one attached hydrogen (secondary N) is 2. The first-order valence-corrected chi connectivity index (χ1v) is 11.3. The van der Waals surface area contributed by atoms with Crippen LogP contribution in [0.5, 0.6) is 0 Å². The molecule has 1 unspecified atom stereocenters. The predicted octanol–water partition coefficient (Wildman–Crippen LogP) is 4.31. The van der Waals surface area contributed by atoms with E-state index in [9.17, 15) is 19.5 Å². The molecular weight excluding hydrogens is 420 g/mol. The summed E-state index contributed by atoms with van der Waals surface area (Å²) in [5.41, 5.74) is 3.06. The van der Waals surface area contributed by atoms with E-state index in [2.05, 4.69) is 22.8 Å². The lowest BCUT2D eigenvalue weighted by Crippen LogP contribution is -2.59. The van der Waals surface area contributed by atoms with Gasteiger partial charge in [-0.05, 0) is 41.5 Å². The summed E-state index contributed by atoms with van der Waals surface area (Å²) in [5.74, 6) is -2.00. The number of rotatable bonds is 9. The van der Waals surface area contributed by atoms with E-state index in [1.165, 1.54) is 6.92 Å². The first-order chi connectivity index (χ1) is 15.7. The first kappa shape index (κ1) is 24.3. The molecule has 3 rings (SSSR count). The minimum absolute atomic E-state index is 0.0886. The smallest absolute Gasteiger partial charge is 0.407 e. The standard InChI is InChI=1S/C26H32N2O5/c1-5-14-26(4,24(30)31)28-23(29)22(16(2)3)27-25(32)33-15-21-19-12-8-6-10-17(19)18-11-7-9-13-20(18)21/h6-13,16,21-22H,5,14-15H2,1-4H3,(H,27,32)(H,28,29)(H,30,31)/t22-,26?/m0/s1. The van der Waals surface area contributed by atoms with Gasteiger partial charge < -0.3 is 20.5 Å². The molecule has 0 spiro atoms. The van der Waals surface area contributed by atoms with Crippen molar-refractivity contribution in [2.24, 2.45) is 5.92 Å². The third-order valence-corrected chi connectivity index (χ3v) is 6.19. The number of benzene rings is 2. The van der Waals surface area contributed by atoms with Crippen molar-refractivity contribution in [2.75, 3.05) is 6.61 Å². The molecule has 0 bridgehead atoms. The summed E-state index contributed by atoms with van der Waals surface area (Å²) in [6, 6.07) is 15.2. The van der Waals surface area contributed by atoms with Crippen molar-refractivity contribution < 1.29 is 24.2 Å². The van der Waals surface area contributed by atoms with Crippen LogP contribution in [0.4, 0.5) is 4.79 Å². The second-order valence-corrected chi connectivity index (χ2v) is 9.07. The van der Waals surface area contributed by atoms with Crippen molar-refractivity contribution in [2.45, 2.75) is 58.0 Å². The first-order valence-electron chi connectivity index (χ1n) is 11.3. The highest BCUT2D eigenvalue weighted by atomic mass is 16.5. The molecule has 0 aromatic heterocycles. The van der Waals surface area contributed by atoms with E-state index in [0.717, 1.165) is 22.3 Å². The second kappa shape index (κ2) is 10.1. The topological polar surface area (TPSA) is 105 Å². The van der Waals surface area contributed by atoms with Gasteiger partial charge in [-0.25, -0.2) is 9.59 Å². The normalized spacial score (nSPS) is 15.2. The van der Waals surface area contributed by atoms with Crippen molar-refractivity contribution in [1.82, 2.24) is 10.6 Å². The van der Waals surface area contributed by atoms with Crippen molar-refractivity contribution in [3.8, 4) is 11.1 Å². The molecule has 0 aliphatic heterocycles. The Kier molecular flexibility index (Phi) is 7.41. The van der Waals surface area contributed by atoms with E-state index in [0.29, 0.717) is 6.42 Å². The lowest BCUT2D eigenvalue weighted by molar-refractivity contribution is -0.147. The summed E-state index contributed by atoms with van der Waals surface area (Å²) in [6.07, 6.45) is 0.164. The Morgan fingerprint density at radius 3 is 2.06 bits per heavy atom. The Morgan fingerprint density at radius 2 is 1.58 bits per heavy atom. The quantitative estimate of drug-likeness (QED) is 0.526. The molecule has 2 atom stereocenters. The molecule has 0 heterocycles. The number of carbonyl (C=O) groups is 3. The summed E-state index contributed by atoms with van der Waals surface area (Å²) >= 11 is 0. The van der Waals surface area contributed by atoms with Crippen molar-refractivity contribution >= 4 is 18.0 Å². The van der Waals surface area contributed by atoms with Gasteiger partial charge in [0.05, 0.1) is 0 Å². The van der Waals surface area contributed by atoms with Gasteiger partial charge in [0.15, 0.2) is 0 Å². The average Bonchev–Trinajstić information content (AvgIpc) is 3.09. The summed E-state index contributed by atoms with van der Waals surface area (Å²) < 4.78 is 5.55. The number of carboxylic acid groups (broad SMARTS) is 1. The van der Waals surface area contributed by atoms with Crippen LogP contribution >= 0.6 is 0 Å². The Labute approximate surface area is 194 Å². The van der Waals surface area contributed by atoms with E-state index in [1.54, 1.807) is 13.8 Å². The molecule has 2 aromatic rings. The van der Waals surface area contributed by atoms with Crippen molar-refractivity contribution in [1.29, 1.82) is 0 Å². The minimum Gasteiger partial charge on any atom is -0.480 e. The number of hydrogen-bond acceptors (Lipinski definition) is 4. The molecule has 1 aliphatic rings. The van der Waals surface area contributed by atoms with Crippen LogP contribution in [0.3, 0.4) is 0 Å². The summed E-state index contributed by atoms with van der Waals surface area (Å²) in [6.45, 7) is 7.02. The van der Waals surface area contributed by atoms with Gasteiger partial charge in [0, 0.05) is 5.92 Å². The van der Waals surface area contributed by atoms with Crippen molar-refractivity contribution in [3.05, 3.63) is 59.7 Å². The molecule has 1 aliphatic carbocycles. The van der Waals surface area contributed by atoms with Crippen LogP contribution in [0.2, 0.25) is 0 Å². The number of carboxylic acids is 1. The number of amides is 2. The highest BCUT2D eigenvalue weighted by molar-refractivity contribution is 5.91. The Morgan fingerprint density at radius 1 is 1.03 bits per heavy atom. The van der Waals surface area contributed by atoms with Crippen LogP contribution in [0.25, 0.3) is 11.1 Å². The fraction of sp³-hybridized carbons (Fsp3) is 0.423. The Balaban J connectivity index is 1.68. The van der Waals surface area contributed by atoms with Crippen LogP contribution < -0.4 is 10.6 Å². The zero-order valence-electron chi connectivity index (χ0n) is 19.6. The lowest BCUT2D eigenvalue weighted by atomic mass is 9.94. The van der Waals surface area contributed by atoms with Gasteiger partial charge in [-0.15, -0.1) is 0 Å². The van der Waals surface area contributed by atoms with Crippen molar-refractivity contribution in [3.63, 3.8) is 0 Å². The van der Waals surface area contributed by atoms with Crippen LogP contribution in [-0.4, -0.2) is 41.3 Å². The third kappa shape index (κ3) is 5.18. The molecule has 3 N–H and O–H groups in total. The van der Waals surface area contributed by atoms with Gasteiger partial charge >= 0.3 is 12.1 Å². The van der Waals surface area contributed by atoms with Gasteiger partial charge in [0.1, 0.15) is 18.2 Å². The largest absolute Gasteiger partial charge is 0.480 e. The minimum atomic E-state index is -1.40. The zero-order valence-corrected chi connectivity index (χ0v) is 19.6. The van der Waals surface area contributed by atoms with Gasteiger partial charge in [0.2, 0.25) is 5.91 Å². The molecule has 176 valence electrons. The number of ether oxygens (including phenoxy) is 1. The molecule has 2 amide bonds. The maximum Gasteiger partial charge on any atom is 0.407 e. The van der Waals surface area contributed by atoms with E-state index < -0.39 is 29.6 Å². The van der Waals surface area contributed by atoms with E-state index in [1.807, 2.05) is 43.3 Å². The predicted molar refractivity (Wildman–Crippen MR) is 126 cm³/mol. The average molecular weight is 453 g/mol. The fourth-order valence-electron chi connectivity index (χ4n) is 4.37. The van der Waals surface area contributed by atoms with Crippen LogP contribution in [0.15, 0.2) is 48.5 Å². The monoisotopic (exact) mass is 452 g/mol. The highest BCUT2D eigenvalue weighted by Crippen LogP contribution is 2.44. The maximum atomic E-state index is 12.9. The van der Waals surface area contributed by atoms with Gasteiger partial charge in [-0.3, -0.25) is 4.79 Å². The number of hydrogen-bond donors (Lipinski definition) is 3. The molecule has 0 radical (unpaired) electrons. The molecule has 7 nitrogen and oxygen atoms in total. The molecule has 33 heavy (non-hydrogen) atoms. The van der Waals surface area contributed by atoms with Gasteiger partial charge in [0.25, 0.3) is 0 Å². The zero-order chi connectivity index (χ0) is 24.2. The molecule has 0 fully saturated rings. The van der Waals surface area contributed by atoms with E-state index in [4.69, 9.17) is 4.74 Å². The molecule has 0 saturated carbocycles. The van der Waals surface area contributed by atoms with Crippen LogP contribution in [0.1, 0.15) is 57.6 Å². The summed E-state index contributed by atoms with van der Waals surface area (Å²) in [4.78, 5) is 37.2. The molecule has 2 aromatic carbocycles. The molecule has 7 heteroatoms. The number of aliphatic carboxylic acids is 1. The fourth-order valence-corrected chi connectivity index (χ4v) is 4.37. The molecular formula is C26H32N2O5. The summed E-state index contributed by atoms with van der Waals surface area (Å²) in [5, 5.41) is 14.8.